The van der Waals surface area contributed by atoms with Crippen LogP contribution in [0.3, 0.4) is 0 Å². The van der Waals surface area contributed by atoms with Crippen molar-refractivity contribution < 1.29 is 23.1 Å². The third-order valence-corrected chi connectivity index (χ3v) is 5.10. The zero-order chi connectivity index (χ0) is 20.9. The Morgan fingerprint density at radius 1 is 1.07 bits per heavy atom. The number of fused-ring (bicyclic) bond motifs is 1. The molecule has 1 saturated carbocycles. The van der Waals surface area contributed by atoms with Gasteiger partial charge in [-0.1, -0.05) is 19.3 Å². The van der Waals surface area contributed by atoms with E-state index in [-0.39, 0.29) is 29.7 Å². The standard InChI is InChI=1S/C23H22FNO5/c24-15-6-8-17(9-7-15)30-21-13-29-20-12-18(10-11-19(20)23(21)27)28-14-22(26)25-16-4-2-1-3-5-16/h6-13,16H,1-5,14H2,(H,25,26). The Bertz CT molecular complexity index is 1090. The summed E-state index contributed by atoms with van der Waals surface area (Å²) in [4.78, 5) is 24.7. The van der Waals surface area contributed by atoms with Crippen molar-refractivity contribution in [3.8, 4) is 17.2 Å². The fourth-order valence-electron chi connectivity index (χ4n) is 3.55. The van der Waals surface area contributed by atoms with Crippen molar-refractivity contribution in [3.05, 3.63) is 64.8 Å². The van der Waals surface area contributed by atoms with Crippen molar-refractivity contribution >= 4 is 16.9 Å². The van der Waals surface area contributed by atoms with Crippen LogP contribution in [-0.4, -0.2) is 18.6 Å². The van der Waals surface area contributed by atoms with Crippen molar-refractivity contribution in [1.82, 2.24) is 5.32 Å². The maximum Gasteiger partial charge on any atom is 0.258 e. The van der Waals surface area contributed by atoms with E-state index in [9.17, 15) is 14.0 Å². The molecule has 0 radical (unpaired) electrons. The molecule has 0 atom stereocenters. The quantitative estimate of drug-likeness (QED) is 0.644. The van der Waals surface area contributed by atoms with E-state index in [1.807, 2.05) is 0 Å². The Morgan fingerprint density at radius 3 is 2.57 bits per heavy atom. The molecule has 1 fully saturated rings. The Hall–Kier alpha value is -3.35. The van der Waals surface area contributed by atoms with Gasteiger partial charge in [-0.2, -0.15) is 0 Å². The van der Waals surface area contributed by atoms with Crippen LogP contribution in [0, 0.1) is 5.82 Å². The lowest BCUT2D eigenvalue weighted by atomic mass is 9.95. The van der Waals surface area contributed by atoms with Gasteiger partial charge in [-0.25, -0.2) is 4.39 Å². The van der Waals surface area contributed by atoms with Gasteiger partial charge in [-0.15, -0.1) is 0 Å². The zero-order valence-corrected chi connectivity index (χ0v) is 16.4. The highest BCUT2D eigenvalue weighted by Gasteiger charge is 2.16. The lowest BCUT2D eigenvalue weighted by molar-refractivity contribution is -0.124. The second kappa shape index (κ2) is 8.98. The molecule has 2 aromatic carbocycles. The second-order valence-electron chi connectivity index (χ2n) is 7.33. The molecule has 1 N–H and O–H groups in total. The summed E-state index contributed by atoms with van der Waals surface area (Å²) in [6, 6.07) is 10.3. The molecular weight excluding hydrogens is 389 g/mol. The van der Waals surface area contributed by atoms with E-state index in [4.69, 9.17) is 13.9 Å². The number of halogens is 1. The fraction of sp³-hybridized carbons (Fsp3) is 0.304. The number of carbonyl (C=O) groups excluding carboxylic acids is 1. The van der Waals surface area contributed by atoms with Gasteiger partial charge in [0, 0.05) is 12.1 Å². The van der Waals surface area contributed by atoms with E-state index in [2.05, 4.69) is 5.32 Å². The van der Waals surface area contributed by atoms with Crippen LogP contribution in [0.25, 0.3) is 11.0 Å². The number of nitrogens with one attached hydrogen (secondary N) is 1. The minimum atomic E-state index is -0.396. The Balaban J connectivity index is 1.42. The Labute approximate surface area is 172 Å². The predicted octanol–water partition coefficient (Wildman–Crippen LogP) is 4.55. The molecule has 1 heterocycles. The maximum atomic E-state index is 13.0. The summed E-state index contributed by atoms with van der Waals surface area (Å²) < 4.78 is 29.6. The molecule has 1 aromatic heterocycles. The highest BCUT2D eigenvalue weighted by molar-refractivity contribution is 5.80. The number of ether oxygens (including phenoxy) is 2. The van der Waals surface area contributed by atoms with Crippen LogP contribution in [0.5, 0.6) is 17.2 Å². The largest absolute Gasteiger partial charge is 0.484 e. The molecule has 1 amide bonds. The van der Waals surface area contributed by atoms with Crippen molar-refractivity contribution in [1.29, 1.82) is 0 Å². The highest BCUT2D eigenvalue weighted by atomic mass is 19.1. The van der Waals surface area contributed by atoms with E-state index in [0.29, 0.717) is 22.5 Å². The number of hydrogen-bond acceptors (Lipinski definition) is 5. The third-order valence-electron chi connectivity index (χ3n) is 5.10. The molecule has 6 nitrogen and oxygen atoms in total. The van der Waals surface area contributed by atoms with Gasteiger partial charge >= 0.3 is 0 Å². The lowest BCUT2D eigenvalue weighted by Crippen LogP contribution is -2.38. The smallest absolute Gasteiger partial charge is 0.258 e. The monoisotopic (exact) mass is 411 g/mol. The number of hydrogen-bond donors (Lipinski definition) is 1. The molecule has 3 aromatic rings. The van der Waals surface area contributed by atoms with E-state index < -0.39 is 5.82 Å². The van der Waals surface area contributed by atoms with E-state index in [1.165, 1.54) is 36.9 Å². The second-order valence-corrected chi connectivity index (χ2v) is 7.33. The summed E-state index contributed by atoms with van der Waals surface area (Å²) in [6.45, 7) is -0.0992. The van der Waals surface area contributed by atoms with Crippen LogP contribution >= 0.6 is 0 Å². The number of rotatable bonds is 6. The molecule has 1 aliphatic rings. The van der Waals surface area contributed by atoms with E-state index in [1.54, 1.807) is 18.2 Å². The first-order chi connectivity index (χ1) is 14.6. The van der Waals surface area contributed by atoms with Gasteiger partial charge in [0.15, 0.2) is 6.61 Å². The molecule has 0 saturated heterocycles. The predicted molar refractivity (Wildman–Crippen MR) is 109 cm³/mol. The first-order valence-corrected chi connectivity index (χ1v) is 9.99. The topological polar surface area (TPSA) is 77.8 Å². The van der Waals surface area contributed by atoms with Crippen LogP contribution < -0.4 is 20.2 Å². The molecule has 0 spiro atoms. The average molecular weight is 411 g/mol. The van der Waals surface area contributed by atoms with Crippen LogP contribution in [0.2, 0.25) is 0 Å². The first kappa shape index (κ1) is 19.9. The molecule has 30 heavy (non-hydrogen) atoms. The third kappa shape index (κ3) is 4.79. The molecule has 156 valence electrons. The Kier molecular flexibility index (Phi) is 5.97. The molecule has 0 bridgehead atoms. The van der Waals surface area contributed by atoms with E-state index in [0.717, 1.165) is 25.7 Å². The number of amides is 1. The van der Waals surface area contributed by atoms with Gasteiger partial charge in [0.25, 0.3) is 5.91 Å². The van der Waals surface area contributed by atoms with Crippen molar-refractivity contribution in [2.24, 2.45) is 0 Å². The fourth-order valence-corrected chi connectivity index (χ4v) is 3.55. The Morgan fingerprint density at radius 2 is 1.80 bits per heavy atom. The van der Waals surface area contributed by atoms with Crippen LogP contribution in [0.15, 0.2) is 57.9 Å². The van der Waals surface area contributed by atoms with E-state index >= 15 is 0 Å². The summed E-state index contributed by atoms with van der Waals surface area (Å²) in [5.41, 5.74) is -0.0428. The first-order valence-electron chi connectivity index (χ1n) is 9.99. The van der Waals surface area contributed by atoms with Crippen molar-refractivity contribution in [3.63, 3.8) is 0 Å². The maximum absolute atomic E-state index is 13.0. The van der Waals surface area contributed by atoms with Gasteiger partial charge in [0.1, 0.15) is 29.2 Å². The molecule has 0 aliphatic heterocycles. The SMILES string of the molecule is O=C(COc1ccc2c(=O)c(Oc3ccc(F)cc3)coc2c1)NC1CCCCC1. The lowest BCUT2D eigenvalue weighted by Gasteiger charge is -2.22. The minimum absolute atomic E-state index is 0.00497. The summed E-state index contributed by atoms with van der Waals surface area (Å²) in [5.74, 6) is 0.192. The summed E-state index contributed by atoms with van der Waals surface area (Å²) in [6.07, 6.45) is 6.73. The number of benzene rings is 2. The summed E-state index contributed by atoms with van der Waals surface area (Å²) >= 11 is 0. The van der Waals surface area contributed by atoms with Crippen molar-refractivity contribution in [2.45, 2.75) is 38.1 Å². The average Bonchev–Trinajstić information content (AvgIpc) is 2.76. The van der Waals surface area contributed by atoms with Gasteiger partial charge < -0.3 is 19.2 Å². The summed E-state index contributed by atoms with van der Waals surface area (Å²) in [5, 5.41) is 3.31. The molecule has 7 heteroatoms. The summed E-state index contributed by atoms with van der Waals surface area (Å²) in [7, 11) is 0. The molecular formula is C23H22FNO5. The van der Waals surface area contributed by atoms with Crippen molar-refractivity contribution in [2.75, 3.05) is 6.61 Å². The van der Waals surface area contributed by atoms with Crippen LogP contribution in [0.1, 0.15) is 32.1 Å². The minimum Gasteiger partial charge on any atom is -0.484 e. The normalized spacial score (nSPS) is 14.4. The van der Waals surface area contributed by atoms with Gasteiger partial charge in [0.2, 0.25) is 11.2 Å². The van der Waals surface area contributed by atoms with Gasteiger partial charge in [0.05, 0.1) is 5.39 Å². The molecule has 4 rings (SSSR count). The van der Waals surface area contributed by atoms with Gasteiger partial charge in [-0.3, -0.25) is 9.59 Å². The molecule has 0 unspecified atom stereocenters. The van der Waals surface area contributed by atoms with Crippen LogP contribution in [0.4, 0.5) is 4.39 Å². The van der Waals surface area contributed by atoms with Gasteiger partial charge in [-0.05, 0) is 49.2 Å². The highest BCUT2D eigenvalue weighted by Crippen LogP contribution is 2.24. The molecule has 1 aliphatic carbocycles. The zero-order valence-electron chi connectivity index (χ0n) is 16.4. The number of carbonyl (C=O) groups is 1. The van der Waals surface area contributed by atoms with Crippen LogP contribution in [-0.2, 0) is 4.79 Å².